The second-order valence-corrected chi connectivity index (χ2v) is 9.95. The number of carbonyl (C=O) groups is 2. The van der Waals surface area contributed by atoms with E-state index in [0.29, 0.717) is 25.1 Å². The normalized spacial score (nSPS) is 19.9. The van der Waals surface area contributed by atoms with Crippen LogP contribution < -0.4 is 9.47 Å². The molecule has 0 aliphatic carbocycles. The second kappa shape index (κ2) is 11.1. The van der Waals surface area contributed by atoms with E-state index >= 15 is 0 Å². The Hall–Kier alpha value is -4.06. The van der Waals surface area contributed by atoms with Gasteiger partial charge in [-0.1, -0.05) is 55.8 Å². The van der Waals surface area contributed by atoms with E-state index in [1.807, 2.05) is 73.7 Å². The van der Waals surface area contributed by atoms with Gasteiger partial charge < -0.3 is 19.5 Å². The molecule has 6 nitrogen and oxygen atoms in total. The Labute approximate surface area is 223 Å². The van der Waals surface area contributed by atoms with E-state index < -0.39 is 17.7 Å². The van der Waals surface area contributed by atoms with Crippen LogP contribution in [-0.4, -0.2) is 41.0 Å². The number of hydrogen-bond acceptors (Lipinski definition) is 5. The van der Waals surface area contributed by atoms with Crippen LogP contribution in [0.1, 0.15) is 55.0 Å². The number of amides is 1. The lowest BCUT2D eigenvalue weighted by Gasteiger charge is -2.25. The van der Waals surface area contributed by atoms with Gasteiger partial charge in [0, 0.05) is 18.5 Å². The number of nitrogens with zero attached hydrogens (tertiary/aromatic N) is 1. The molecule has 2 atom stereocenters. The number of rotatable bonds is 9. The molecule has 3 aromatic rings. The molecule has 0 bridgehead atoms. The van der Waals surface area contributed by atoms with Crippen molar-refractivity contribution in [3.8, 4) is 11.5 Å². The van der Waals surface area contributed by atoms with Gasteiger partial charge in [-0.2, -0.15) is 0 Å². The molecular formula is C32H33NO5. The molecule has 3 aromatic carbocycles. The second-order valence-electron chi connectivity index (χ2n) is 9.95. The Morgan fingerprint density at radius 1 is 1.05 bits per heavy atom. The van der Waals surface area contributed by atoms with E-state index in [1.165, 1.54) is 0 Å². The van der Waals surface area contributed by atoms with Gasteiger partial charge in [-0.05, 0) is 66.8 Å². The molecule has 2 aliphatic heterocycles. The Morgan fingerprint density at radius 2 is 1.82 bits per heavy atom. The number of unbranched alkanes of at least 4 members (excludes halogenated alkanes) is 1. The number of ketones is 1. The number of hydrogen-bond donors (Lipinski definition) is 1. The Morgan fingerprint density at radius 3 is 2.55 bits per heavy atom. The number of Topliss-reactive ketones (excluding diaryl/α,β-unsaturated/α-hetero) is 1. The summed E-state index contributed by atoms with van der Waals surface area (Å²) in [4.78, 5) is 28.3. The first-order valence-corrected chi connectivity index (χ1v) is 13.3. The number of aliphatic hydroxyl groups is 1. The van der Waals surface area contributed by atoms with Gasteiger partial charge in [-0.15, -0.1) is 0 Å². The fourth-order valence-corrected chi connectivity index (χ4v) is 5.16. The molecule has 0 radical (unpaired) electrons. The maximum absolute atomic E-state index is 13.4. The minimum absolute atomic E-state index is 0.0593. The molecule has 0 saturated carbocycles. The van der Waals surface area contributed by atoms with Crippen molar-refractivity contribution in [1.82, 2.24) is 4.90 Å². The largest absolute Gasteiger partial charge is 0.507 e. The summed E-state index contributed by atoms with van der Waals surface area (Å²) in [6, 6.07) is 22.0. The number of aliphatic hydroxyl groups excluding tert-OH is 1. The molecule has 1 amide bonds. The molecule has 2 aliphatic rings. The van der Waals surface area contributed by atoms with Crippen molar-refractivity contribution in [3.63, 3.8) is 0 Å². The zero-order valence-corrected chi connectivity index (χ0v) is 21.9. The van der Waals surface area contributed by atoms with Crippen molar-refractivity contribution in [1.29, 1.82) is 0 Å². The average molecular weight is 512 g/mol. The lowest BCUT2D eigenvalue weighted by molar-refractivity contribution is -0.139. The van der Waals surface area contributed by atoms with E-state index in [2.05, 4.69) is 6.92 Å². The van der Waals surface area contributed by atoms with Gasteiger partial charge in [0.05, 0.1) is 18.2 Å². The predicted octanol–water partition coefficient (Wildman–Crippen LogP) is 5.85. The summed E-state index contributed by atoms with van der Waals surface area (Å²) in [5, 5.41) is 11.5. The Balaban J connectivity index is 1.52. The summed E-state index contributed by atoms with van der Waals surface area (Å²) in [6.45, 7) is 5.08. The monoisotopic (exact) mass is 511 g/mol. The molecule has 5 rings (SSSR count). The minimum atomic E-state index is -0.702. The predicted molar refractivity (Wildman–Crippen MR) is 146 cm³/mol. The number of carbonyl (C=O) groups excluding carboxylic acids is 2. The molecule has 1 saturated heterocycles. The van der Waals surface area contributed by atoms with Crippen LogP contribution in [0.2, 0.25) is 0 Å². The summed E-state index contributed by atoms with van der Waals surface area (Å²) < 4.78 is 11.6. The van der Waals surface area contributed by atoms with Crippen LogP contribution in [0.3, 0.4) is 0 Å². The molecule has 38 heavy (non-hydrogen) atoms. The third kappa shape index (κ3) is 5.17. The standard InChI is InChI=1S/C32H33NO5/c1-3-4-18-37-26-13-10-23(11-14-26)29-28(30(34)24-12-15-27-25(20-24)19-21(2)38-27)31(35)32(36)33(29)17-16-22-8-6-5-7-9-22/h5-15,20-21,29,34H,3-4,16-19H2,1-2H3/b30-28+. The van der Waals surface area contributed by atoms with E-state index in [0.717, 1.165) is 47.5 Å². The highest BCUT2D eigenvalue weighted by atomic mass is 16.5. The maximum Gasteiger partial charge on any atom is 0.295 e. The summed E-state index contributed by atoms with van der Waals surface area (Å²) in [7, 11) is 0. The summed E-state index contributed by atoms with van der Waals surface area (Å²) >= 11 is 0. The van der Waals surface area contributed by atoms with E-state index in [9.17, 15) is 14.7 Å². The molecule has 6 heteroatoms. The molecule has 2 heterocycles. The molecular weight excluding hydrogens is 478 g/mol. The average Bonchev–Trinajstić information content (AvgIpc) is 3.43. The first-order valence-electron chi connectivity index (χ1n) is 13.3. The highest BCUT2D eigenvalue weighted by molar-refractivity contribution is 6.46. The summed E-state index contributed by atoms with van der Waals surface area (Å²) in [5.74, 6) is 0.0766. The smallest absolute Gasteiger partial charge is 0.295 e. The number of fused-ring (bicyclic) bond motifs is 1. The van der Waals surface area contributed by atoms with Crippen molar-refractivity contribution in [2.75, 3.05) is 13.2 Å². The van der Waals surface area contributed by atoms with Gasteiger partial charge in [0.2, 0.25) is 0 Å². The van der Waals surface area contributed by atoms with Crippen molar-refractivity contribution in [3.05, 3.63) is 101 Å². The van der Waals surface area contributed by atoms with Crippen LogP contribution in [0.25, 0.3) is 5.76 Å². The van der Waals surface area contributed by atoms with Crippen molar-refractivity contribution >= 4 is 17.4 Å². The van der Waals surface area contributed by atoms with E-state index in [1.54, 1.807) is 11.0 Å². The quantitative estimate of drug-likeness (QED) is 0.169. The van der Waals surface area contributed by atoms with Crippen molar-refractivity contribution in [2.24, 2.45) is 0 Å². The molecule has 1 fully saturated rings. The van der Waals surface area contributed by atoms with Gasteiger partial charge in [-0.3, -0.25) is 9.59 Å². The van der Waals surface area contributed by atoms with Gasteiger partial charge in [-0.25, -0.2) is 0 Å². The van der Waals surface area contributed by atoms with E-state index in [4.69, 9.17) is 9.47 Å². The van der Waals surface area contributed by atoms with Crippen LogP contribution >= 0.6 is 0 Å². The minimum Gasteiger partial charge on any atom is -0.507 e. The highest BCUT2D eigenvalue weighted by Crippen LogP contribution is 2.41. The third-order valence-corrected chi connectivity index (χ3v) is 7.16. The van der Waals surface area contributed by atoms with Gasteiger partial charge in [0.25, 0.3) is 11.7 Å². The lowest BCUT2D eigenvalue weighted by Crippen LogP contribution is -2.31. The number of likely N-dealkylation sites (tertiary alicyclic amines) is 1. The molecule has 196 valence electrons. The molecule has 2 unspecified atom stereocenters. The topological polar surface area (TPSA) is 76.1 Å². The molecule has 0 spiro atoms. The van der Waals surface area contributed by atoms with Gasteiger partial charge in [0.1, 0.15) is 23.4 Å². The van der Waals surface area contributed by atoms with Crippen molar-refractivity contribution in [2.45, 2.75) is 51.7 Å². The van der Waals surface area contributed by atoms with Gasteiger partial charge >= 0.3 is 0 Å². The zero-order valence-electron chi connectivity index (χ0n) is 21.9. The van der Waals surface area contributed by atoms with E-state index in [-0.39, 0.29) is 17.4 Å². The SMILES string of the molecule is CCCCOc1ccc(C2/C(=C(\O)c3ccc4c(c3)CC(C)O4)C(=O)C(=O)N2CCc2ccccc2)cc1. The maximum atomic E-state index is 13.4. The zero-order chi connectivity index (χ0) is 26.6. The summed E-state index contributed by atoms with van der Waals surface area (Å²) in [5.41, 5.74) is 3.41. The first-order chi connectivity index (χ1) is 18.5. The highest BCUT2D eigenvalue weighted by Gasteiger charge is 2.46. The van der Waals surface area contributed by atoms with Crippen LogP contribution in [-0.2, 0) is 22.4 Å². The molecule has 1 N–H and O–H groups in total. The Bertz CT molecular complexity index is 1350. The fraction of sp³-hybridized carbons (Fsp3) is 0.312. The van der Waals surface area contributed by atoms with Crippen LogP contribution in [0.5, 0.6) is 11.5 Å². The molecule has 0 aromatic heterocycles. The Kier molecular flexibility index (Phi) is 7.50. The third-order valence-electron chi connectivity index (χ3n) is 7.16. The van der Waals surface area contributed by atoms with Crippen LogP contribution in [0.15, 0.2) is 78.4 Å². The van der Waals surface area contributed by atoms with Crippen molar-refractivity contribution < 1.29 is 24.2 Å². The fourth-order valence-electron chi connectivity index (χ4n) is 5.16. The lowest BCUT2D eigenvalue weighted by atomic mass is 9.94. The number of ether oxygens (including phenoxy) is 2. The summed E-state index contributed by atoms with van der Waals surface area (Å²) in [6.07, 6.45) is 3.39. The first kappa shape index (κ1) is 25.6. The number of benzene rings is 3. The van der Waals surface area contributed by atoms with Crippen LogP contribution in [0, 0.1) is 0 Å². The van der Waals surface area contributed by atoms with Crippen LogP contribution in [0.4, 0.5) is 0 Å². The van der Waals surface area contributed by atoms with Gasteiger partial charge in [0.15, 0.2) is 0 Å².